The van der Waals surface area contributed by atoms with Crippen molar-refractivity contribution in [2.45, 2.75) is 31.7 Å². The third kappa shape index (κ3) is 1.50. The van der Waals surface area contributed by atoms with Gasteiger partial charge >= 0.3 is 0 Å². The van der Waals surface area contributed by atoms with E-state index < -0.39 is 0 Å². The van der Waals surface area contributed by atoms with Crippen molar-refractivity contribution >= 4 is 0 Å². The molecule has 3 nitrogen and oxygen atoms in total. The molecule has 0 spiro atoms. The van der Waals surface area contributed by atoms with E-state index >= 15 is 0 Å². The zero-order valence-electron chi connectivity index (χ0n) is 7.38. The summed E-state index contributed by atoms with van der Waals surface area (Å²) in [6, 6.07) is 0.688. The fourth-order valence-corrected chi connectivity index (χ4v) is 1.77. The molecule has 1 aromatic heterocycles. The molecule has 0 bridgehead atoms. The summed E-state index contributed by atoms with van der Waals surface area (Å²) >= 11 is 0. The molecule has 12 heavy (non-hydrogen) atoms. The molecule has 2 rings (SSSR count). The summed E-state index contributed by atoms with van der Waals surface area (Å²) in [7, 11) is 0. The Morgan fingerprint density at radius 3 is 3.00 bits per heavy atom. The van der Waals surface area contributed by atoms with Gasteiger partial charge < -0.3 is 5.32 Å². The molecular formula is C9H15N3. The number of H-pyrrole nitrogens is 1. The smallest absolute Gasteiger partial charge is 0.0522 e. The first-order valence-electron chi connectivity index (χ1n) is 4.58. The van der Waals surface area contributed by atoms with Crippen LogP contribution in [0.15, 0.2) is 12.4 Å². The van der Waals surface area contributed by atoms with E-state index in [-0.39, 0.29) is 0 Å². The van der Waals surface area contributed by atoms with Gasteiger partial charge in [0.05, 0.1) is 6.20 Å². The van der Waals surface area contributed by atoms with Gasteiger partial charge in [-0.3, -0.25) is 5.10 Å². The Hall–Kier alpha value is -0.830. The van der Waals surface area contributed by atoms with Gasteiger partial charge in [0.2, 0.25) is 0 Å². The van der Waals surface area contributed by atoms with Gasteiger partial charge in [-0.25, -0.2) is 0 Å². The predicted molar refractivity (Wildman–Crippen MR) is 48.0 cm³/mol. The lowest BCUT2D eigenvalue weighted by atomic mass is 9.91. The first-order chi connectivity index (χ1) is 5.86. The summed E-state index contributed by atoms with van der Waals surface area (Å²) in [6.07, 6.45) is 6.49. The highest BCUT2D eigenvalue weighted by molar-refractivity contribution is 5.11. The first kappa shape index (κ1) is 7.80. The van der Waals surface area contributed by atoms with Crippen LogP contribution in [0.2, 0.25) is 0 Å². The lowest BCUT2D eigenvalue weighted by molar-refractivity contribution is 0.385. The summed E-state index contributed by atoms with van der Waals surface area (Å²) < 4.78 is 0. The van der Waals surface area contributed by atoms with E-state index in [2.05, 4.69) is 22.4 Å². The minimum absolute atomic E-state index is 0.667. The van der Waals surface area contributed by atoms with Crippen LogP contribution in [0, 0.1) is 0 Å². The van der Waals surface area contributed by atoms with E-state index in [1.54, 1.807) is 0 Å². The molecule has 0 saturated carbocycles. The third-order valence-corrected chi connectivity index (χ3v) is 2.65. The molecule has 1 fully saturated rings. The van der Waals surface area contributed by atoms with E-state index in [9.17, 15) is 0 Å². The Labute approximate surface area is 72.6 Å². The Morgan fingerprint density at radius 1 is 1.50 bits per heavy atom. The second-order valence-electron chi connectivity index (χ2n) is 3.62. The molecule has 0 radical (unpaired) electrons. The molecule has 2 atom stereocenters. The van der Waals surface area contributed by atoms with Crippen molar-refractivity contribution in [1.29, 1.82) is 0 Å². The predicted octanol–water partition coefficient (Wildman–Crippen LogP) is 1.27. The molecule has 1 aliphatic heterocycles. The molecule has 1 aliphatic rings. The van der Waals surface area contributed by atoms with Crippen LogP contribution in [0.25, 0.3) is 0 Å². The molecule has 2 N–H and O–H groups in total. The average Bonchev–Trinajstić information content (AvgIpc) is 2.58. The van der Waals surface area contributed by atoms with Crippen LogP contribution < -0.4 is 5.32 Å². The number of nitrogens with zero attached hydrogens (tertiary/aromatic N) is 1. The molecule has 0 aromatic carbocycles. The highest BCUT2D eigenvalue weighted by Gasteiger charge is 2.19. The van der Waals surface area contributed by atoms with Crippen molar-refractivity contribution in [3.63, 3.8) is 0 Å². The summed E-state index contributed by atoms with van der Waals surface area (Å²) in [6.45, 7) is 3.34. The number of nitrogens with one attached hydrogen (secondary N) is 2. The van der Waals surface area contributed by atoms with Crippen molar-refractivity contribution < 1.29 is 0 Å². The standard InChI is InChI=1S/C9H15N3/c1-7-2-3-8(4-10-7)9-5-11-12-6-9/h5-8,10H,2-4H2,1H3,(H,11,12)/t7-,8-/m0/s1. The molecule has 2 heterocycles. The number of rotatable bonds is 1. The fourth-order valence-electron chi connectivity index (χ4n) is 1.77. The Bertz CT molecular complexity index is 222. The monoisotopic (exact) mass is 165 g/mol. The number of aromatic amines is 1. The SMILES string of the molecule is C[C@H]1CC[C@H](c2cn[nH]c2)CN1. The summed E-state index contributed by atoms with van der Waals surface area (Å²) in [4.78, 5) is 0. The molecule has 1 aromatic rings. The quantitative estimate of drug-likeness (QED) is 0.658. The van der Waals surface area contributed by atoms with Gasteiger partial charge in [-0.2, -0.15) is 5.10 Å². The van der Waals surface area contributed by atoms with E-state index in [0.717, 1.165) is 6.54 Å². The van der Waals surface area contributed by atoms with Crippen LogP contribution in [-0.2, 0) is 0 Å². The van der Waals surface area contributed by atoms with E-state index in [0.29, 0.717) is 12.0 Å². The zero-order valence-corrected chi connectivity index (χ0v) is 7.38. The largest absolute Gasteiger partial charge is 0.314 e. The Kier molecular flexibility index (Phi) is 2.13. The van der Waals surface area contributed by atoms with E-state index in [4.69, 9.17) is 0 Å². The normalized spacial score (nSPS) is 30.4. The molecule has 0 amide bonds. The van der Waals surface area contributed by atoms with Crippen LogP contribution in [0.1, 0.15) is 31.2 Å². The van der Waals surface area contributed by atoms with Crippen molar-refractivity contribution in [3.8, 4) is 0 Å². The maximum absolute atomic E-state index is 3.96. The van der Waals surface area contributed by atoms with Crippen LogP contribution in [0.3, 0.4) is 0 Å². The van der Waals surface area contributed by atoms with Gasteiger partial charge in [0.25, 0.3) is 0 Å². The second kappa shape index (κ2) is 3.27. The van der Waals surface area contributed by atoms with Crippen LogP contribution in [0.5, 0.6) is 0 Å². The third-order valence-electron chi connectivity index (χ3n) is 2.65. The number of hydrogen-bond donors (Lipinski definition) is 2. The van der Waals surface area contributed by atoms with Crippen molar-refractivity contribution in [3.05, 3.63) is 18.0 Å². The van der Waals surface area contributed by atoms with Crippen LogP contribution in [-0.4, -0.2) is 22.8 Å². The topological polar surface area (TPSA) is 40.7 Å². The average molecular weight is 165 g/mol. The Balaban J connectivity index is 1.99. The number of aromatic nitrogens is 2. The van der Waals surface area contributed by atoms with Crippen LogP contribution in [0.4, 0.5) is 0 Å². The van der Waals surface area contributed by atoms with Crippen molar-refractivity contribution in [2.75, 3.05) is 6.54 Å². The second-order valence-corrected chi connectivity index (χ2v) is 3.62. The minimum Gasteiger partial charge on any atom is -0.314 e. The summed E-state index contributed by atoms with van der Waals surface area (Å²) in [5.74, 6) is 0.667. The number of piperidine rings is 1. The van der Waals surface area contributed by atoms with E-state index in [1.807, 2.05) is 12.4 Å². The summed E-state index contributed by atoms with van der Waals surface area (Å²) in [5, 5.41) is 10.3. The van der Waals surface area contributed by atoms with Gasteiger partial charge in [-0.1, -0.05) is 0 Å². The maximum atomic E-state index is 3.96. The maximum Gasteiger partial charge on any atom is 0.0522 e. The highest BCUT2D eigenvalue weighted by atomic mass is 15.1. The van der Waals surface area contributed by atoms with Gasteiger partial charge in [0.15, 0.2) is 0 Å². The van der Waals surface area contributed by atoms with E-state index in [1.165, 1.54) is 18.4 Å². The van der Waals surface area contributed by atoms with Crippen LogP contribution >= 0.6 is 0 Å². The fraction of sp³-hybridized carbons (Fsp3) is 0.667. The van der Waals surface area contributed by atoms with Gasteiger partial charge in [0.1, 0.15) is 0 Å². The zero-order chi connectivity index (χ0) is 8.39. The first-order valence-corrected chi connectivity index (χ1v) is 4.58. The van der Waals surface area contributed by atoms with Gasteiger partial charge in [-0.15, -0.1) is 0 Å². The Morgan fingerprint density at radius 2 is 2.42 bits per heavy atom. The number of hydrogen-bond acceptors (Lipinski definition) is 2. The summed E-state index contributed by atoms with van der Waals surface area (Å²) in [5.41, 5.74) is 1.34. The minimum atomic E-state index is 0.667. The molecule has 3 heteroatoms. The molecule has 1 saturated heterocycles. The van der Waals surface area contributed by atoms with Gasteiger partial charge in [0, 0.05) is 18.8 Å². The van der Waals surface area contributed by atoms with Crippen molar-refractivity contribution in [1.82, 2.24) is 15.5 Å². The lowest BCUT2D eigenvalue weighted by Gasteiger charge is -2.26. The van der Waals surface area contributed by atoms with Gasteiger partial charge in [-0.05, 0) is 31.2 Å². The lowest BCUT2D eigenvalue weighted by Crippen LogP contribution is -2.35. The highest BCUT2D eigenvalue weighted by Crippen LogP contribution is 2.23. The molecule has 0 unspecified atom stereocenters. The molecular weight excluding hydrogens is 150 g/mol. The molecule has 66 valence electrons. The molecule has 0 aliphatic carbocycles. The van der Waals surface area contributed by atoms with Crippen molar-refractivity contribution in [2.24, 2.45) is 0 Å².